The van der Waals surface area contributed by atoms with Crippen molar-refractivity contribution in [1.82, 2.24) is 5.32 Å². The molecule has 9 nitrogen and oxygen atoms in total. The maximum absolute atomic E-state index is 11.2. The minimum absolute atomic E-state index is 0.675. The molecule has 0 saturated heterocycles. The maximum atomic E-state index is 11.2. The van der Waals surface area contributed by atoms with E-state index in [1.54, 1.807) is 0 Å². The molecule has 0 spiro atoms. The second-order valence-electron chi connectivity index (χ2n) is 3.20. The molecule has 0 saturated carbocycles. The van der Waals surface area contributed by atoms with Crippen LogP contribution in [0.2, 0.25) is 0 Å². The molecular formula is C8H12N2O7. The standard InChI is InChI=1S/C8H12N2O7/c9-3(1-5(11)12)7(15)10-4(8(16)17)2-6(13)14/h3-4H,1-2,9H2,(H,10,15)(H,11,12)(H,13,14)(H,16,17). The largest absolute Gasteiger partial charge is 0.481 e. The van der Waals surface area contributed by atoms with Crippen LogP contribution in [-0.2, 0) is 19.2 Å². The number of nitrogens with two attached hydrogens (primary N) is 1. The van der Waals surface area contributed by atoms with Gasteiger partial charge in [0.15, 0.2) is 0 Å². The highest BCUT2D eigenvalue weighted by Gasteiger charge is 2.26. The zero-order valence-electron chi connectivity index (χ0n) is 8.62. The molecule has 17 heavy (non-hydrogen) atoms. The van der Waals surface area contributed by atoms with Gasteiger partial charge in [0, 0.05) is 0 Å². The van der Waals surface area contributed by atoms with Crippen LogP contribution in [0.15, 0.2) is 0 Å². The van der Waals surface area contributed by atoms with Crippen molar-refractivity contribution in [1.29, 1.82) is 0 Å². The van der Waals surface area contributed by atoms with Crippen LogP contribution >= 0.6 is 0 Å². The normalized spacial score (nSPS) is 13.5. The highest BCUT2D eigenvalue weighted by molar-refractivity contribution is 5.90. The molecule has 6 N–H and O–H groups in total. The van der Waals surface area contributed by atoms with Gasteiger partial charge in [-0.25, -0.2) is 4.79 Å². The summed E-state index contributed by atoms with van der Waals surface area (Å²) in [5, 5.41) is 27.2. The molecule has 0 aromatic heterocycles. The van der Waals surface area contributed by atoms with E-state index in [4.69, 9.17) is 21.1 Å². The number of amides is 1. The van der Waals surface area contributed by atoms with E-state index in [9.17, 15) is 19.2 Å². The van der Waals surface area contributed by atoms with E-state index < -0.39 is 48.7 Å². The fourth-order valence-electron chi connectivity index (χ4n) is 0.934. The SMILES string of the molecule is NC(CC(=O)O)C(=O)NC(CC(=O)O)C(=O)O. The first-order valence-corrected chi connectivity index (χ1v) is 4.46. The number of hydrogen-bond donors (Lipinski definition) is 5. The predicted molar refractivity (Wildman–Crippen MR) is 52.0 cm³/mol. The van der Waals surface area contributed by atoms with E-state index in [1.807, 2.05) is 5.32 Å². The molecule has 0 radical (unpaired) electrons. The fraction of sp³-hybridized carbons (Fsp3) is 0.500. The van der Waals surface area contributed by atoms with Crippen LogP contribution < -0.4 is 11.1 Å². The third kappa shape index (κ3) is 6.10. The van der Waals surface area contributed by atoms with Gasteiger partial charge in [0.05, 0.1) is 18.9 Å². The Kier molecular flexibility index (Phi) is 5.61. The van der Waals surface area contributed by atoms with Crippen LogP contribution in [0.4, 0.5) is 0 Å². The Morgan fingerprint density at radius 2 is 1.47 bits per heavy atom. The summed E-state index contributed by atoms with van der Waals surface area (Å²) in [5.41, 5.74) is 5.16. The number of aliphatic carboxylic acids is 3. The quantitative estimate of drug-likeness (QED) is 0.339. The van der Waals surface area contributed by atoms with Crippen LogP contribution in [0.5, 0.6) is 0 Å². The lowest BCUT2D eigenvalue weighted by Crippen LogP contribution is -2.49. The van der Waals surface area contributed by atoms with E-state index >= 15 is 0 Å². The molecule has 0 heterocycles. The first-order valence-electron chi connectivity index (χ1n) is 4.46. The Labute approximate surface area is 95.2 Å². The summed E-state index contributed by atoms with van der Waals surface area (Å²) in [7, 11) is 0. The second-order valence-corrected chi connectivity index (χ2v) is 3.20. The molecule has 0 aliphatic rings. The number of carboxylic acid groups (broad SMARTS) is 3. The minimum atomic E-state index is -1.64. The van der Waals surface area contributed by atoms with Crippen molar-refractivity contribution in [2.24, 2.45) is 5.73 Å². The van der Waals surface area contributed by atoms with Gasteiger partial charge in [-0.15, -0.1) is 0 Å². The molecule has 0 aromatic rings. The summed E-state index contributed by atoms with van der Waals surface area (Å²) >= 11 is 0. The Morgan fingerprint density at radius 3 is 1.82 bits per heavy atom. The lowest BCUT2D eigenvalue weighted by Gasteiger charge is -2.15. The average Bonchev–Trinajstić information content (AvgIpc) is 2.14. The fourth-order valence-corrected chi connectivity index (χ4v) is 0.934. The average molecular weight is 248 g/mol. The monoisotopic (exact) mass is 248 g/mol. The van der Waals surface area contributed by atoms with Gasteiger partial charge in [0.25, 0.3) is 0 Å². The summed E-state index contributed by atoms with van der Waals surface area (Å²) in [6.07, 6.45) is -1.49. The van der Waals surface area contributed by atoms with Gasteiger partial charge in [0.1, 0.15) is 6.04 Å². The van der Waals surface area contributed by atoms with Gasteiger partial charge in [-0.05, 0) is 0 Å². The third-order valence-corrected chi connectivity index (χ3v) is 1.72. The first-order chi connectivity index (χ1) is 7.73. The van der Waals surface area contributed by atoms with E-state index in [1.165, 1.54) is 0 Å². The number of carbonyl (C=O) groups is 4. The summed E-state index contributed by atoms with van der Waals surface area (Å²) in [6.45, 7) is 0. The molecule has 0 rings (SSSR count). The molecule has 0 bridgehead atoms. The third-order valence-electron chi connectivity index (χ3n) is 1.72. The van der Waals surface area contributed by atoms with Crippen molar-refractivity contribution in [3.63, 3.8) is 0 Å². The molecular weight excluding hydrogens is 236 g/mol. The summed E-state index contributed by atoms with van der Waals surface area (Å²) in [5.74, 6) is -5.30. The van der Waals surface area contributed by atoms with E-state index in [0.29, 0.717) is 0 Å². The molecule has 0 fully saturated rings. The van der Waals surface area contributed by atoms with Gasteiger partial charge in [-0.3, -0.25) is 14.4 Å². The van der Waals surface area contributed by atoms with Gasteiger partial charge < -0.3 is 26.4 Å². The molecule has 0 aliphatic carbocycles. The zero-order valence-corrected chi connectivity index (χ0v) is 8.62. The Hall–Kier alpha value is -2.16. The second kappa shape index (κ2) is 6.43. The molecule has 2 atom stereocenters. The topological polar surface area (TPSA) is 167 Å². The Balaban J connectivity index is 4.44. The lowest BCUT2D eigenvalue weighted by atomic mass is 10.1. The molecule has 96 valence electrons. The van der Waals surface area contributed by atoms with Crippen LogP contribution in [0.3, 0.4) is 0 Å². The van der Waals surface area contributed by atoms with Crippen molar-refractivity contribution in [2.45, 2.75) is 24.9 Å². The minimum Gasteiger partial charge on any atom is -0.481 e. The summed E-state index contributed by atoms with van der Waals surface area (Å²) in [6, 6.07) is -3.07. The van der Waals surface area contributed by atoms with Gasteiger partial charge in [-0.2, -0.15) is 0 Å². The van der Waals surface area contributed by atoms with Gasteiger partial charge >= 0.3 is 17.9 Å². The van der Waals surface area contributed by atoms with Crippen molar-refractivity contribution in [3.8, 4) is 0 Å². The Bertz CT molecular complexity index is 341. The Morgan fingerprint density at radius 1 is 1.00 bits per heavy atom. The van der Waals surface area contributed by atoms with Gasteiger partial charge in [-0.1, -0.05) is 0 Å². The number of carboxylic acids is 3. The molecule has 0 aliphatic heterocycles. The van der Waals surface area contributed by atoms with Crippen molar-refractivity contribution >= 4 is 23.8 Å². The maximum Gasteiger partial charge on any atom is 0.326 e. The van der Waals surface area contributed by atoms with Crippen molar-refractivity contribution in [3.05, 3.63) is 0 Å². The molecule has 0 aromatic carbocycles. The number of nitrogens with one attached hydrogen (secondary N) is 1. The number of rotatable bonds is 7. The van der Waals surface area contributed by atoms with Crippen molar-refractivity contribution < 1.29 is 34.5 Å². The highest BCUT2D eigenvalue weighted by Crippen LogP contribution is 1.96. The predicted octanol–water partition coefficient (Wildman–Crippen LogP) is -2.17. The lowest BCUT2D eigenvalue weighted by molar-refractivity contribution is -0.147. The molecule has 2 unspecified atom stereocenters. The molecule has 9 heteroatoms. The van der Waals surface area contributed by atoms with Crippen LogP contribution in [0, 0.1) is 0 Å². The van der Waals surface area contributed by atoms with E-state index in [2.05, 4.69) is 0 Å². The van der Waals surface area contributed by atoms with Crippen LogP contribution in [0.25, 0.3) is 0 Å². The van der Waals surface area contributed by atoms with Crippen molar-refractivity contribution in [2.75, 3.05) is 0 Å². The van der Waals surface area contributed by atoms with Crippen LogP contribution in [0.1, 0.15) is 12.8 Å². The number of carbonyl (C=O) groups excluding carboxylic acids is 1. The zero-order chi connectivity index (χ0) is 13.6. The highest BCUT2D eigenvalue weighted by atomic mass is 16.4. The molecule has 1 amide bonds. The summed E-state index contributed by atoms with van der Waals surface area (Å²) in [4.78, 5) is 42.3. The van der Waals surface area contributed by atoms with Crippen LogP contribution in [-0.4, -0.2) is 51.2 Å². The summed E-state index contributed by atoms with van der Waals surface area (Å²) < 4.78 is 0. The van der Waals surface area contributed by atoms with E-state index in [0.717, 1.165) is 0 Å². The van der Waals surface area contributed by atoms with Gasteiger partial charge in [0.2, 0.25) is 5.91 Å². The van der Waals surface area contributed by atoms with E-state index in [-0.39, 0.29) is 0 Å². The first kappa shape index (κ1) is 14.8. The smallest absolute Gasteiger partial charge is 0.326 e. The number of hydrogen-bond acceptors (Lipinski definition) is 5.